The number of nitrogens with zero attached hydrogens (tertiary/aromatic N) is 3. The van der Waals surface area contributed by atoms with E-state index in [-0.39, 0.29) is 22.8 Å². The molecule has 4 amide bonds. The highest BCUT2D eigenvalue weighted by Crippen LogP contribution is 2.30. The number of nitro groups is 1. The summed E-state index contributed by atoms with van der Waals surface area (Å²) in [5, 5.41) is 13.5. The number of aryl methyl sites for hydroxylation is 1. The van der Waals surface area contributed by atoms with E-state index in [2.05, 4.69) is 5.32 Å². The third-order valence-corrected chi connectivity index (χ3v) is 5.84. The highest BCUT2D eigenvalue weighted by molar-refractivity contribution is 6.32. The quantitative estimate of drug-likeness (QED) is 0.254. The molecule has 0 saturated carbocycles. The maximum atomic E-state index is 13.1. The largest absolute Gasteiger partial charge is 0.331 e. The van der Waals surface area contributed by atoms with Crippen LogP contribution in [-0.2, 0) is 16.1 Å². The van der Waals surface area contributed by atoms with Crippen molar-refractivity contribution in [2.24, 2.45) is 0 Å². The number of nitro benzene ring substituents is 1. The molecular formula is C24H19ClN4O5. The molecule has 3 aromatic rings. The summed E-state index contributed by atoms with van der Waals surface area (Å²) in [4.78, 5) is 49.6. The van der Waals surface area contributed by atoms with Gasteiger partial charge in [-0.1, -0.05) is 41.9 Å². The Hall–Kier alpha value is -4.24. The van der Waals surface area contributed by atoms with E-state index >= 15 is 0 Å². The highest BCUT2D eigenvalue weighted by atomic mass is 35.5. The zero-order valence-corrected chi connectivity index (χ0v) is 19.0. The van der Waals surface area contributed by atoms with Gasteiger partial charge in [0, 0.05) is 17.5 Å². The normalized spacial score (nSPS) is 15.1. The van der Waals surface area contributed by atoms with Crippen LogP contribution in [0.4, 0.5) is 10.5 Å². The molecule has 0 unspecified atom stereocenters. The third kappa shape index (κ3) is 4.20. The highest BCUT2D eigenvalue weighted by Gasteiger charge is 2.36. The molecule has 1 aromatic heterocycles. The van der Waals surface area contributed by atoms with Gasteiger partial charge >= 0.3 is 6.03 Å². The molecule has 1 N–H and O–H groups in total. The molecule has 172 valence electrons. The van der Waals surface area contributed by atoms with Gasteiger partial charge in [0.05, 0.1) is 17.2 Å². The molecule has 2 heterocycles. The van der Waals surface area contributed by atoms with Gasteiger partial charge in [-0.05, 0) is 49.2 Å². The number of aromatic nitrogens is 1. The fraction of sp³-hybridized carbons (Fsp3) is 0.125. The van der Waals surface area contributed by atoms with Crippen LogP contribution >= 0.6 is 11.6 Å². The third-order valence-electron chi connectivity index (χ3n) is 5.52. The summed E-state index contributed by atoms with van der Waals surface area (Å²) in [6, 6.07) is 14.4. The molecule has 10 heteroatoms. The Kier molecular flexibility index (Phi) is 6.04. The SMILES string of the molecule is Cc1cc(C=C2C(=O)NC(=O)N(Cc3ccccc3)C2=O)c(C)n1-c1ccc(Cl)c([N+](=O)[O-])c1. The van der Waals surface area contributed by atoms with Crippen molar-refractivity contribution in [3.8, 4) is 5.69 Å². The first-order chi connectivity index (χ1) is 16.2. The number of benzene rings is 2. The number of nitrogens with one attached hydrogen (secondary N) is 1. The van der Waals surface area contributed by atoms with Crippen LogP contribution in [0.15, 0.2) is 60.2 Å². The second-order valence-corrected chi connectivity index (χ2v) is 8.16. The summed E-state index contributed by atoms with van der Waals surface area (Å²) in [6.07, 6.45) is 1.42. The van der Waals surface area contributed by atoms with Crippen LogP contribution in [0.2, 0.25) is 5.02 Å². The average Bonchev–Trinajstić information content (AvgIpc) is 3.08. The zero-order valence-electron chi connectivity index (χ0n) is 18.2. The van der Waals surface area contributed by atoms with Gasteiger partial charge in [-0.3, -0.25) is 29.9 Å². The molecule has 0 atom stereocenters. The Labute approximate surface area is 199 Å². The number of hydrogen-bond acceptors (Lipinski definition) is 5. The van der Waals surface area contributed by atoms with Crippen molar-refractivity contribution < 1.29 is 19.3 Å². The summed E-state index contributed by atoms with van der Waals surface area (Å²) in [5.74, 6) is -1.49. The lowest BCUT2D eigenvalue weighted by atomic mass is 10.1. The Bertz CT molecular complexity index is 1380. The van der Waals surface area contributed by atoms with Gasteiger partial charge in [0.1, 0.15) is 10.6 Å². The number of barbiturate groups is 1. The number of carbonyl (C=O) groups excluding carboxylic acids is 3. The van der Waals surface area contributed by atoms with Crippen LogP contribution < -0.4 is 5.32 Å². The Morgan fingerprint density at radius 3 is 2.44 bits per heavy atom. The van der Waals surface area contributed by atoms with Gasteiger partial charge in [0.2, 0.25) is 0 Å². The van der Waals surface area contributed by atoms with Gasteiger partial charge in [-0.2, -0.15) is 0 Å². The summed E-state index contributed by atoms with van der Waals surface area (Å²) >= 11 is 5.93. The Balaban J connectivity index is 1.72. The molecule has 1 aliphatic rings. The van der Waals surface area contributed by atoms with Crippen LogP contribution in [-0.4, -0.2) is 32.2 Å². The molecule has 1 aliphatic heterocycles. The number of imide groups is 2. The lowest BCUT2D eigenvalue weighted by Crippen LogP contribution is -2.53. The summed E-state index contributed by atoms with van der Waals surface area (Å²) in [5.41, 5.74) is 2.76. The summed E-state index contributed by atoms with van der Waals surface area (Å²) < 4.78 is 1.76. The van der Waals surface area contributed by atoms with E-state index < -0.39 is 22.8 Å². The van der Waals surface area contributed by atoms with Crippen LogP contribution in [0.1, 0.15) is 22.5 Å². The predicted molar refractivity (Wildman–Crippen MR) is 125 cm³/mol. The molecule has 0 spiro atoms. The van der Waals surface area contributed by atoms with Crippen molar-refractivity contribution in [2.75, 3.05) is 0 Å². The van der Waals surface area contributed by atoms with E-state index in [1.165, 1.54) is 18.2 Å². The van der Waals surface area contributed by atoms with Crippen molar-refractivity contribution in [2.45, 2.75) is 20.4 Å². The number of halogens is 1. The second kappa shape index (κ2) is 8.95. The number of urea groups is 1. The molecule has 34 heavy (non-hydrogen) atoms. The monoisotopic (exact) mass is 478 g/mol. The number of hydrogen-bond donors (Lipinski definition) is 1. The average molecular weight is 479 g/mol. The minimum Gasteiger partial charge on any atom is -0.318 e. The van der Waals surface area contributed by atoms with Crippen LogP contribution in [0.5, 0.6) is 0 Å². The van der Waals surface area contributed by atoms with Crippen molar-refractivity contribution in [1.82, 2.24) is 14.8 Å². The molecular weight excluding hydrogens is 460 g/mol. The second-order valence-electron chi connectivity index (χ2n) is 7.75. The first-order valence-electron chi connectivity index (χ1n) is 10.2. The predicted octanol–water partition coefficient (Wildman–Crippen LogP) is 4.32. The van der Waals surface area contributed by atoms with Gasteiger partial charge in [0.15, 0.2) is 0 Å². The Morgan fingerprint density at radius 1 is 1.06 bits per heavy atom. The van der Waals surface area contributed by atoms with Crippen molar-refractivity contribution in [1.29, 1.82) is 0 Å². The van der Waals surface area contributed by atoms with E-state index in [1.54, 1.807) is 54.8 Å². The molecule has 0 radical (unpaired) electrons. The van der Waals surface area contributed by atoms with E-state index in [0.29, 0.717) is 16.9 Å². The van der Waals surface area contributed by atoms with Gasteiger partial charge in [-0.15, -0.1) is 0 Å². The topological polar surface area (TPSA) is 115 Å². The maximum absolute atomic E-state index is 13.1. The standard InChI is InChI=1S/C24H19ClN4O5/c1-14-10-17(15(2)28(14)18-8-9-20(25)21(12-18)29(33)34)11-19-22(30)26-24(32)27(23(19)31)13-16-6-4-3-5-7-16/h3-12H,13H2,1-2H3,(H,26,30,32). The molecule has 4 rings (SSSR count). The number of amides is 4. The van der Waals surface area contributed by atoms with Crippen LogP contribution in [0.25, 0.3) is 11.8 Å². The smallest absolute Gasteiger partial charge is 0.318 e. The molecule has 9 nitrogen and oxygen atoms in total. The van der Waals surface area contributed by atoms with E-state index in [1.807, 2.05) is 6.07 Å². The van der Waals surface area contributed by atoms with Gasteiger partial charge < -0.3 is 4.57 Å². The number of carbonyl (C=O) groups is 3. The minimum absolute atomic E-state index is 0.0175. The first-order valence-corrected chi connectivity index (χ1v) is 10.6. The molecule has 0 aliphatic carbocycles. The lowest BCUT2D eigenvalue weighted by Gasteiger charge is -2.26. The lowest BCUT2D eigenvalue weighted by molar-refractivity contribution is -0.384. The molecule has 1 saturated heterocycles. The fourth-order valence-corrected chi connectivity index (χ4v) is 4.06. The summed E-state index contributed by atoms with van der Waals surface area (Å²) in [7, 11) is 0. The van der Waals surface area contributed by atoms with Gasteiger partial charge in [-0.25, -0.2) is 4.79 Å². The van der Waals surface area contributed by atoms with E-state index in [0.717, 1.165) is 16.2 Å². The fourth-order valence-electron chi connectivity index (χ4n) is 3.87. The Morgan fingerprint density at radius 2 is 1.76 bits per heavy atom. The molecule has 2 aromatic carbocycles. The van der Waals surface area contributed by atoms with Crippen molar-refractivity contribution >= 4 is 41.2 Å². The minimum atomic E-state index is -0.786. The first kappa shape index (κ1) is 22.9. The van der Waals surface area contributed by atoms with E-state index in [9.17, 15) is 24.5 Å². The molecule has 1 fully saturated rings. The molecule has 0 bridgehead atoms. The van der Waals surface area contributed by atoms with Crippen molar-refractivity contribution in [3.05, 3.63) is 97.8 Å². The summed E-state index contributed by atoms with van der Waals surface area (Å²) in [6.45, 7) is 3.57. The van der Waals surface area contributed by atoms with Crippen molar-refractivity contribution in [3.63, 3.8) is 0 Å². The van der Waals surface area contributed by atoms with E-state index in [4.69, 9.17) is 11.6 Å². The maximum Gasteiger partial charge on any atom is 0.331 e. The van der Waals surface area contributed by atoms with Crippen LogP contribution in [0.3, 0.4) is 0 Å². The van der Waals surface area contributed by atoms with Crippen LogP contribution in [0, 0.1) is 24.0 Å². The zero-order chi connectivity index (χ0) is 24.6. The number of rotatable bonds is 5. The van der Waals surface area contributed by atoms with Gasteiger partial charge in [0.25, 0.3) is 17.5 Å².